The predicted octanol–water partition coefficient (Wildman–Crippen LogP) is 1.83. The molecular formula is C15H23NO4S. The van der Waals surface area contributed by atoms with Crippen molar-refractivity contribution in [2.24, 2.45) is 5.92 Å². The second-order valence-electron chi connectivity index (χ2n) is 5.41. The Balaban J connectivity index is 3.14. The lowest BCUT2D eigenvalue weighted by Gasteiger charge is -2.25. The molecule has 0 aliphatic rings. The van der Waals surface area contributed by atoms with Crippen LogP contribution in [0.5, 0.6) is 0 Å². The van der Waals surface area contributed by atoms with Crippen molar-refractivity contribution in [1.82, 2.24) is 4.90 Å². The number of nitrogens with zero attached hydrogens (tertiary/aromatic N) is 1. The first kappa shape index (κ1) is 17.7. The van der Waals surface area contributed by atoms with E-state index in [2.05, 4.69) is 0 Å². The summed E-state index contributed by atoms with van der Waals surface area (Å²) in [6.45, 7) is 5.43. The monoisotopic (exact) mass is 313 g/mol. The highest BCUT2D eigenvalue weighted by Crippen LogP contribution is 2.18. The third kappa shape index (κ3) is 5.13. The molecule has 0 aliphatic carbocycles. The van der Waals surface area contributed by atoms with Gasteiger partial charge < -0.3 is 9.64 Å². The summed E-state index contributed by atoms with van der Waals surface area (Å²) in [6, 6.07) is 6.31. The van der Waals surface area contributed by atoms with Crippen LogP contribution in [0.15, 0.2) is 29.2 Å². The van der Waals surface area contributed by atoms with Crippen molar-refractivity contribution in [2.45, 2.75) is 18.7 Å². The lowest BCUT2D eigenvalue weighted by molar-refractivity contribution is 0.0668. The first-order valence-electron chi connectivity index (χ1n) is 6.84. The predicted molar refractivity (Wildman–Crippen MR) is 82.2 cm³/mol. The van der Waals surface area contributed by atoms with Crippen LogP contribution in [-0.4, -0.2) is 52.3 Å². The molecule has 0 saturated heterocycles. The largest absolute Gasteiger partial charge is 0.383 e. The van der Waals surface area contributed by atoms with E-state index in [-0.39, 0.29) is 22.3 Å². The summed E-state index contributed by atoms with van der Waals surface area (Å²) in [5.41, 5.74) is 0.219. The standard InChI is InChI=1S/C15H23NO4S/c1-12(2)11-16(9-10-20-3)15(17)13-7-5-6-8-14(13)21(4,18)19/h5-8,12H,9-11H2,1-4H3. The van der Waals surface area contributed by atoms with E-state index in [1.165, 1.54) is 6.07 Å². The van der Waals surface area contributed by atoms with Crippen molar-refractivity contribution >= 4 is 15.7 Å². The Bertz CT molecular complexity index is 581. The van der Waals surface area contributed by atoms with Crippen molar-refractivity contribution in [3.05, 3.63) is 29.8 Å². The Morgan fingerprint density at radius 1 is 1.29 bits per heavy atom. The van der Waals surface area contributed by atoms with E-state index in [0.717, 1.165) is 6.26 Å². The molecule has 0 heterocycles. The highest BCUT2D eigenvalue weighted by molar-refractivity contribution is 7.90. The lowest BCUT2D eigenvalue weighted by Crippen LogP contribution is -2.37. The van der Waals surface area contributed by atoms with E-state index in [0.29, 0.717) is 19.7 Å². The number of methoxy groups -OCH3 is 1. The summed E-state index contributed by atoms with van der Waals surface area (Å²) in [6.07, 6.45) is 1.11. The molecule has 118 valence electrons. The number of rotatable bonds is 7. The summed E-state index contributed by atoms with van der Waals surface area (Å²) in [5.74, 6) is 0.0120. The SMILES string of the molecule is COCCN(CC(C)C)C(=O)c1ccccc1S(C)(=O)=O. The van der Waals surface area contributed by atoms with E-state index in [1.54, 1.807) is 30.2 Å². The molecule has 1 rings (SSSR count). The maximum Gasteiger partial charge on any atom is 0.255 e. The number of hydrogen-bond acceptors (Lipinski definition) is 4. The third-order valence-corrected chi connectivity index (χ3v) is 4.11. The highest BCUT2D eigenvalue weighted by Gasteiger charge is 2.23. The molecule has 0 fully saturated rings. The normalized spacial score (nSPS) is 11.7. The van der Waals surface area contributed by atoms with Crippen molar-refractivity contribution in [3.63, 3.8) is 0 Å². The van der Waals surface area contributed by atoms with E-state index in [1.807, 2.05) is 13.8 Å². The van der Waals surface area contributed by atoms with Crippen LogP contribution in [0.1, 0.15) is 24.2 Å². The van der Waals surface area contributed by atoms with Gasteiger partial charge in [-0.15, -0.1) is 0 Å². The van der Waals surface area contributed by atoms with E-state index in [4.69, 9.17) is 4.74 Å². The second kappa shape index (κ2) is 7.56. The summed E-state index contributed by atoms with van der Waals surface area (Å²) < 4.78 is 28.7. The molecule has 0 N–H and O–H groups in total. The van der Waals surface area contributed by atoms with Crippen LogP contribution in [0, 0.1) is 5.92 Å². The zero-order chi connectivity index (χ0) is 16.0. The van der Waals surface area contributed by atoms with Gasteiger partial charge in [0.2, 0.25) is 0 Å². The molecule has 0 radical (unpaired) electrons. The Kier molecular flexibility index (Phi) is 6.36. The summed E-state index contributed by atoms with van der Waals surface area (Å²) >= 11 is 0. The van der Waals surface area contributed by atoms with Gasteiger partial charge in [0.25, 0.3) is 5.91 Å². The van der Waals surface area contributed by atoms with Crippen molar-refractivity contribution in [1.29, 1.82) is 0 Å². The quantitative estimate of drug-likeness (QED) is 0.770. The van der Waals surface area contributed by atoms with Crippen LogP contribution >= 0.6 is 0 Å². The molecule has 5 nitrogen and oxygen atoms in total. The van der Waals surface area contributed by atoms with Crippen LogP contribution in [-0.2, 0) is 14.6 Å². The number of carbonyl (C=O) groups is 1. The van der Waals surface area contributed by atoms with Crippen molar-refractivity contribution < 1.29 is 17.9 Å². The fraction of sp³-hybridized carbons (Fsp3) is 0.533. The minimum Gasteiger partial charge on any atom is -0.383 e. The summed E-state index contributed by atoms with van der Waals surface area (Å²) in [4.78, 5) is 14.4. The second-order valence-corrected chi connectivity index (χ2v) is 7.39. The van der Waals surface area contributed by atoms with Gasteiger partial charge in [-0.05, 0) is 18.1 Å². The molecule has 21 heavy (non-hydrogen) atoms. The third-order valence-electron chi connectivity index (χ3n) is 2.96. The molecule has 0 unspecified atom stereocenters. The Hall–Kier alpha value is -1.40. The van der Waals surface area contributed by atoms with E-state index >= 15 is 0 Å². The maximum absolute atomic E-state index is 12.7. The van der Waals surface area contributed by atoms with Crippen LogP contribution in [0.3, 0.4) is 0 Å². The molecule has 0 bridgehead atoms. The average Bonchev–Trinajstić information content (AvgIpc) is 2.41. The lowest BCUT2D eigenvalue weighted by atomic mass is 10.1. The van der Waals surface area contributed by atoms with Crippen LogP contribution in [0.2, 0.25) is 0 Å². The van der Waals surface area contributed by atoms with Crippen molar-refractivity contribution in [2.75, 3.05) is 33.1 Å². The fourth-order valence-corrected chi connectivity index (χ4v) is 2.94. The van der Waals surface area contributed by atoms with Crippen LogP contribution < -0.4 is 0 Å². The van der Waals surface area contributed by atoms with Crippen molar-refractivity contribution in [3.8, 4) is 0 Å². The first-order chi connectivity index (χ1) is 9.77. The highest BCUT2D eigenvalue weighted by atomic mass is 32.2. The fourth-order valence-electron chi connectivity index (χ4n) is 2.05. The number of sulfone groups is 1. The van der Waals surface area contributed by atoms with Gasteiger partial charge in [-0.25, -0.2) is 8.42 Å². The summed E-state index contributed by atoms with van der Waals surface area (Å²) in [5, 5.41) is 0. The molecule has 0 spiro atoms. The van der Waals surface area contributed by atoms with Crippen LogP contribution in [0.25, 0.3) is 0 Å². The van der Waals surface area contributed by atoms with Gasteiger partial charge in [0.1, 0.15) is 0 Å². The van der Waals surface area contributed by atoms with Crippen LogP contribution in [0.4, 0.5) is 0 Å². The first-order valence-corrected chi connectivity index (χ1v) is 8.73. The Morgan fingerprint density at radius 3 is 2.43 bits per heavy atom. The minimum absolute atomic E-state index is 0.0705. The molecule has 0 aliphatic heterocycles. The van der Waals surface area contributed by atoms with Gasteiger partial charge in [0, 0.05) is 26.5 Å². The molecular weight excluding hydrogens is 290 g/mol. The Morgan fingerprint density at radius 2 is 1.90 bits per heavy atom. The number of hydrogen-bond donors (Lipinski definition) is 0. The topological polar surface area (TPSA) is 63.7 Å². The summed E-state index contributed by atoms with van der Waals surface area (Å²) in [7, 11) is -1.87. The van der Waals surface area contributed by atoms with Gasteiger partial charge in [-0.3, -0.25) is 4.79 Å². The van der Waals surface area contributed by atoms with Gasteiger partial charge >= 0.3 is 0 Å². The smallest absolute Gasteiger partial charge is 0.255 e. The van der Waals surface area contributed by atoms with Gasteiger partial charge in [-0.2, -0.15) is 0 Å². The minimum atomic E-state index is -3.44. The number of carbonyl (C=O) groups excluding carboxylic acids is 1. The molecule has 0 saturated carbocycles. The zero-order valence-electron chi connectivity index (χ0n) is 13.0. The molecule has 1 aromatic rings. The van der Waals surface area contributed by atoms with E-state index < -0.39 is 9.84 Å². The maximum atomic E-state index is 12.7. The molecule has 0 aromatic heterocycles. The van der Waals surface area contributed by atoms with Gasteiger partial charge in [0.15, 0.2) is 9.84 Å². The number of benzene rings is 1. The van der Waals surface area contributed by atoms with Gasteiger partial charge in [-0.1, -0.05) is 26.0 Å². The van der Waals surface area contributed by atoms with E-state index in [9.17, 15) is 13.2 Å². The molecule has 6 heteroatoms. The Labute approximate surface area is 126 Å². The average molecular weight is 313 g/mol. The molecule has 1 aromatic carbocycles. The zero-order valence-corrected chi connectivity index (χ0v) is 13.8. The number of amides is 1. The molecule has 0 atom stereocenters. The number of ether oxygens (including phenoxy) is 1. The molecule has 1 amide bonds. The van der Waals surface area contributed by atoms with Gasteiger partial charge in [0.05, 0.1) is 17.1 Å².